The number of Topliss-reactive ketones (excluding diaryl/α,β-unsaturated/α-hetero) is 1. The molecular weight excluding hydrogens is 176 g/mol. The third kappa shape index (κ3) is 1.85. The van der Waals surface area contributed by atoms with Gasteiger partial charge >= 0.3 is 0 Å². The van der Waals surface area contributed by atoms with Crippen LogP contribution in [0.25, 0.3) is 0 Å². The number of rotatable bonds is 2. The van der Waals surface area contributed by atoms with E-state index in [1.807, 2.05) is 18.2 Å². The van der Waals surface area contributed by atoms with Crippen molar-refractivity contribution in [3.8, 4) is 0 Å². The topological polar surface area (TPSA) is 26.3 Å². The summed E-state index contributed by atoms with van der Waals surface area (Å²) in [5, 5.41) is 0. The maximum absolute atomic E-state index is 11.2. The molecule has 1 aliphatic heterocycles. The molecule has 14 heavy (non-hydrogen) atoms. The molecule has 1 atom stereocenters. The van der Waals surface area contributed by atoms with Gasteiger partial charge in [0, 0.05) is 18.1 Å². The predicted molar refractivity (Wildman–Crippen MR) is 54.6 cm³/mol. The minimum atomic E-state index is 0.130. The number of ketones is 1. The highest BCUT2D eigenvalue weighted by Gasteiger charge is 2.17. The predicted octanol–water partition coefficient (Wildman–Crippen LogP) is 2.39. The van der Waals surface area contributed by atoms with Gasteiger partial charge < -0.3 is 4.74 Å². The van der Waals surface area contributed by atoms with Gasteiger partial charge in [0.05, 0.1) is 6.61 Å². The molecule has 0 aromatic heterocycles. The highest BCUT2D eigenvalue weighted by molar-refractivity contribution is 5.94. The molecule has 0 amide bonds. The van der Waals surface area contributed by atoms with Crippen LogP contribution in [0.3, 0.4) is 0 Å². The van der Waals surface area contributed by atoms with Gasteiger partial charge in [-0.3, -0.25) is 4.79 Å². The van der Waals surface area contributed by atoms with Crippen molar-refractivity contribution in [3.05, 3.63) is 35.4 Å². The molecule has 1 fully saturated rings. The summed E-state index contributed by atoms with van der Waals surface area (Å²) in [5.41, 5.74) is 2.03. The molecule has 1 aromatic rings. The summed E-state index contributed by atoms with van der Waals surface area (Å²) in [5.74, 6) is 0.611. The van der Waals surface area contributed by atoms with Gasteiger partial charge in [-0.25, -0.2) is 0 Å². The lowest BCUT2D eigenvalue weighted by molar-refractivity contribution is 0.101. The zero-order valence-corrected chi connectivity index (χ0v) is 8.32. The number of carbonyl (C=O) groups is 1. The first-order chi connectivity index (χ1) is 6.77. The summed E-state index contributed by atoms with van der Waals surface area (Å²) in [7, 11) is 0. The lowest BCUT2D eigenvalue weighted by atomic mass is 9.96. The van der Waals surface area contributed by atoms with E-state index in [4.69, 9.17) is 4.74 Å². The van der Waals surface area contributed by atoms with Crippen molar-refractivity contribution in [2.45, 2.75) is 19.3 Å². The van der Waals surface area contributed by atoms with Gasteiger partial charge in [0.25, 0.3) is 0 Å². The number of carbonyl (C=O) groups excluding carboxylic acids is 1. The highest BCUT2D eigenvalue weighted by atomic mass is 16.5. The molecule has 1 saturated heterocycles. The first kappa shape index (κ1) is 9.41. The fraction of sp³-hybridized carbons (Fsp3) is 0.417. The molecule has 1 unspecified atom stereocenters. The third-order valence-electron chi connectivity index (χ3n) is 2.69. The SMILES string of the molecule is CC(=O)c1cccc(C2CCOC2)c1. The Morgan fingerprint density at radius 3 is 3.00 bits per heavy atom. The molecule has 2 nitrogen and oxygen atoms in total. The van der Waals surface area contributed by atoms with Crippen molar-refractivity contribution in [3.63, 3.8) is 0 Å². The zero-order chi connectivity index (χ0) is 9.97. The van der Waals surface area contributed by atoms with Crippen LogP contribution in [-0.2, 0) is 4.74 Å². The van der Waals surface area contributed by atoms with Crippen molar-refractivity contribution in [2.75, 3.05) is 13.2 Å². The van der Waals surface area contributed by atoms with Crippen LogP contribution in [0.15, 0.2) is 24.3 Å². The minimum Gasteiger partial charge on any atom is -0.381 e. The van der Waals surface area contributed by atoms with Gasteiger partial charge in [-0.05, 0) is 25.0 Å². The Bertz CT molecular complexity index is 338. The molecule has 1 heterocycles. The minimum absolute atomic E-state index is 0.130. The van der Waals surface area contributed by atoms with E-state index in [0.717, 1.165) is 25.2 Å². The second kappa shape index (κ2) is 3.93. The van der Waals surface area contributed by atoms with Crippen LogP contribution in [0.4, 0.5) is 0 Å². The Morgan fingerprint density at radius 1 is 1.50 bits per heavy atom. The number of benzene rings is 1. The van der Waals surface area contributed by atoms with E-state index >= 15 is 0 Å². The molecular formula is C12H14O2. The van der Waals surface area contributed by atoms with E-state index in [-0.39, 0.29) is 5.78 Å². The average molecular weight is 190 g/mol. The van der Waals surface area contributed by atoms with Crippen molar-refractivity contribution < 1.29 is 9.53 Å². The Labute approximate surface area is 83.9 Å². The average Bonchev–Trinajstić information content (AvgIpc) is 2.71. The van der Waals surface area contributed by atoms with Crippen LogP contribution in [-0.4, -0.2) is 19.0 Å². The van der Waals surface area contributed by atoms with Gasteiger partial charge in [0.1, 0.15) is 0 Å². The first-order valence-corrected chi connectivity index (χ1v) is 4.96. The number of hydrogen-bond acceptors (Lipinski definition) is 2. The molecule has 0 radical (unpaired) electrons. The lowest BCUT2D eigenvalue weighted by Gasteiger charge is -2.08. The van der Waals surface area contributed by atoms with E-state index < -0.39 is 0 Å². The maximum atomic E-state index is 11.2. The fourth-order valence-corrected chi connectivity index (χ4v) is 1.81. The fourth-order valence-electron chi connectivity index (χ4n) is 1.81. The van der Waals surface area contributed by atoms with E-state index in [2.05, 4.69) is 6.07 Å². The van der Waals surface area contributed by atoms with Crippen molar-refractivity contribution in [2.24, 2.45) is 0 Å². The Hall–Kier alpha value is -1.15. The summed E-state index contributed by atoms with van der Waals surface area (Å²) in [4.78, 5) is 11.2. The summed E-state index contributed by atoms with van der Waals surface area (Å²) in [6.07, 6.45) is 1.07. The van der Waals surface area contributed by atoms with Crippen LogP contribution in [0.5, 0.6) is 0 Å². The quantitative estimate of drug-likeness (QED) is 0.669. The maximum Gasteiger partial charge on any atom is 0.159 e. The normalized spacial score (nSPS) is 21.1. The lowest BCUT2D eigenvalue weighted by Crippen LogP contribution is -2.00. The van der Waals surface area contributed by atoms with Gasteiger partial charge in [-0.2, -0.15) is 0 Å². The molecule has 0 spiro atoms. The largest absolute Gasteiger partial charge is 0.381 e. The molecule has 74 valence electrons. The molecule has 0 saturated carbocycles. The van der Waals surface area contributed by atoms with Crippen molar-refractivity contribution in [1.82, 2.24) is 0 Å². The zero-order valence-electron chi connectivity index (χ0n) is 8.32. The second-order valence-electron chi connectivity index (χ2n) is 3.74. The Balaban J connectivity index is 2.25. The summed E-state index contributed by atoms with van der Waals surface area (Å²) in [6, 6.07) is 7.87. The molecule has 0 bridgehead atoms. The summed E-state index contributed by atoms with van der Waals surface area (Å²) >= 11 is 0. The van der Waals surface area contributed by atoms with Crippen LogP contribution in [0, 0.1) is 0 Å². The van der Waals surface area contributed by atoms with Gasteiger partial charge in [0.2, 0.25) is 0 Å². The van der Waals surface area contributed by atoms with Gasteiger partial charge in [-0.15, -0.1) is 0 Å². The molecule has 0 N–H and O–H groups in total. The molecule has 2 heteroatoms. The first-order valence-electron chi connectivity index (χ1n) is 4.96. The number of hydrogen-bond donors (Lipinski definition) is 0. The monoisotopic (exact) mass is 190 g/mol. The standard InChI is InChI=1S/C12H14O2/c1-9(13)10-3-2-4-11(7-10)12-5-6-14-8-12/h2-4,7,12H,5-6,8H2,1H3. The smallest absolute Gasteiger partial charge is 0.159 e. The third-order valence-corrected chi connectivity index (χ3v) is 2.69. The molecule has 0 aliphatic carbocycles. The van der Waals surface area contributed by atoms with Crippen molar-refractivity contribution in [1.29, 1.82) is 0 Å². The molecule has 1 aromatic carbocycles. The summed E-state index contributed by atoms with van der Waals surface area (Å²) < 4.78 is 5.33. The highest BCUT2D eigenvalue weighted by Crippen LogP contribution is 2.25. The second-order valence-corrected chi connectivity index (χ2v) is 3.74. The summed E-state index contributed by atoms with van der Waals surface area (Å²) in [6.45, 7) is 3.24. The van der Waals surface area contributed by atoms with E-state index in [1.54, 1.807) is 6.92 Å². The van der Waals surface area contributed by atoms with Crippen molar-refractivity contribution >= 4 is 5.78 Å². The number of ether oxygens (including phenoxy) is 1. The van der Waals surface area contributed by atoms with E-state index in [1.165, 1.54) is 5.56 Å². The Morgan fingerprint density at radius 2 is 2.36 bits per heavy atom. The van der Waals surface area contributed by atoms with Crippen LogP contribution in [0.2, 0.25) is 0 Å². The van der Waals surface area contributed by atoms with E-state index in [9.17, 15) is 4.79 Å². The molecule has 2 rings (SSSR count). The van der Waals surface area contributed by atoms with Gasteiger partial charge in [-0.1, -0.05) is 18.2 Å². The molecule has 1 aliphatic rings. The van der Waals surface area contributed by atoms with Crippen LogP contribution < -0.4 is 0 Å². The van der Waals surface area contributed by atoms with E-state index in [0.29, 0.717) is 5.92 Å². The van der Waals surface area contributed by atoms with Crippen LogP contribution >= 0.6 is 0 Å². The Kier molecular flexibility index (Phi) is 2.64. The van der Waals surface area contributed by atoms with Crippen LogP contribution in [0.1, 0.15) is 35.2 Å². The van der Waals surface area contributed by atoms with Gasteiger partial charge in [0.15, 0.2) is 5.78 Å².